The Labute approximate surface area is 90.8 Å². The highest BCUT2D eigenvalue weighted by molar-refractivity contribution is 5.84. The Bertz CT molecular complexity index is 272. The van der Waals surface area contributed by atoms with Gasteiger partial charge < -0.3 is 10.1 Å². The lowest BCUT2D eigenvalue weighted by atomic mass is 9.70. The first-order valence-electron chi connectivity index (χ1n) is 5.66. The second-order valence-electron chi connectivity index (χ2n) is 5.45. The second-order valence-corrected chi connectivity index (χ2v) is 5.45. The lowest BCUT2D eigenvalue weighted by Gasteiger charge is -2.51. The van der Waals surface area contributed by atoms with E-state index in [9.17, 15) is 4.79 Å². The molecule has 2 fully saturated rings. The van der Waals surface area contributed by atoms with Crippen LogP contribution in [0.25, 0.3) is 0 Å². The van der Waals surface area contributed by atoms with E-state index >= 15 is 0 Å². The highest BCUT2D eigenvalue weighted by atomic mass is 16.6. The molecule has 1 aliphatic carbocycles. The third-order valence-corrected chi connectivity index (χ3v) is 3.14. The molecule has 2 aliphatic rings. The van der Waals surface area contributed by atoms with Crippen molar-refractivity contribution in [1.82, 2.24) is 10.6 Å². The highest BCUT2D eigenvalue weighted by Gasteiger charge is 2.55. The first-order chi connectivity index (χ1) is 6.94. The Hall–Kier alpha value is -0.610. The minimum Gasteiger partial charge on any atom is -0.459 e. The Balaban J connectivity index is 2.05. The molecule has 86 valence electrons. The molecular formula is C11H20N2O2. The van der Waals surface area contributed by atoms with Crippen LogP contribution in [0.5, 0.6) is 0 Å². The van der Waals surface area contributed by atoms with Crippen molar-refractivity contribution in [3.8, 4) is 0 Å². The predicted molar refractivity (Wildman–Crippen MR) is 57.6 cm³/mol. The largest absolute Gasteiger partial charge is 0.459 e. The summed E-state index contributed by atoms with van der Waals surface area (Å²) >= 11 is 0. The molecule has 2 N–H and O–H groups in total. The molecule has 15 heavy (non-hydrogen) atoms. The number of rotatable bonds is 1. The first kappa shape index (κ1) is 10.9. The summed E-state index contributed by atoms with van der Waals surface area (Å²) in [5, 5.41) is 6.68. The predicted octanol–water partition coefficient (Wildman–Crippen LogP) is 0.422. The molecule has 1 saturated heterocycles. The van der Waals surface area contributed by atoms with Gasteiger partial charge in [0.25, 0.3) is 0 Å². The van der Waals surface area contributed by atoms with Crippen LogP contribution in [0.4, 0.5) is 0 Å². The number of hydrogen-bond acceptors (Lipinski definition) is 4. The van der Waals surface area contributed by atoms with Crippen LogP contribution in [0.1, 0.15) is 33.6 Å². The quantitative estimate of drug-likeness (QED) is 0.619. The number of piperazine rings is 1. The molecule has 4 nitrogen and oxygen atoms in total. The van der Waals surface area contributed by atoms with Gasteiger partial charge in [-0.05, 0) is 33.6 Å². The zero-order valence-electron chi connectivity index (χ0n) is 9.72. The molecule has 0 amide bonds. The van der Waals surface area contributed by atoms with E-state index in [4.69, 9.17) is 4.74 Å². The molecule has 0 radical (unpaired) electrons. The monoisotopic (exact) mass is 212 g/mol. The maximum absolute atomic E-state index is 12.1. The van der Waals surface area contributed by atoms with Crippen molar-refractivity contribution < 1.29 is 9.53 Å². The van der Waals surface area contributed by atoms with Gasteiger partial charge in [-0.25, -0.2) is 4.79 Å². The lowest BCUT2D eigenvalue weighted by Crippen LogP contribution is -2.75. The molecule has 1 heterocycles. The van der Waals surface area contributed by atoms with Crippen molar-refractivity contribution in [3.05, 3.63) is 0 Å². The molecule has 0 aromatic heterocycles. The Morgan fingerprint density at radius 3 is 2.60 bits per heavy atom. The van der Waals surface area contributed by atoms with Crippen LogP contribution in [-0.2, 0) is 9.53 Å². The smallest absolute Gasteiger partial charge is 0.328 e. The second kappa shape index (κ2) is 3.46. The third kappa shape index (κ3) is 1.88. The van der Waals surface area contributed by atoms with Gasteiger partial charge in [-0.1, -0.05) is 0 Å². The maximum Gasteiger partial charge on any atom is 0.328 e. The number of esters is 1. The molecular weight excluding hydrogens is 192 g/mol. The van der Waals surface area contributed by atoms with E-state index in [1.807, 2.05) is 20.8 Å². The molecule has 0 aromatic carbocycles. The standard InChI is InChI=1S/C11H20N2O2/c1-10(2,3)15-9(14)11-5-4-8(11)12-6-7-13-11/h8,12-13H,4-7H2,1-3H3. The fourth-order valence-electron chi connectivity index (χ4n) is 2.28. The third-order valence-electron chi connectivity index (χ3n) is 3.14. The molecule has 4 heteroatoms. The van der Waals surface area contributed by atoms with Crippen molar-refractivity contribution in [2.45, 2.75) is 50.8 Å². The molecule has 0 bridgehead atoms. The van der Waals surface area contributed by atoms with E-state index in [2.05, 4.69) is 10.6 Å². The molecule has 2 rings (SSSR count). The van der Waals surface area contributed by atoms with Gasteiger partial charge in [0, 0.05) is 19.1 Å². The summed E-state index contributed by atoms with van der Waals surface area (Å²) in [5.41, 5.74) is -0.837. The Morgan fingerprint density at radius 2 is 2.13 bits per heavy atom. The normalized spacial score (nSPS) is 35.3. The van der Waals surface area contributed by atoms with Crippen LogP contribution in [0.2, 0.25) is 0 Å². The van der Waals surface area contributed by atoms with Crippen molar-refractivity contribution in [1.29, 1.82) is 0 Å². The van der Waals surface area contributed by atoms with Crippen molar-refractivity contribution in [2.24, 2.45) is 0 Å². The molecule has 1 saturated carbocycles. The Morgan fingerprint density at radius 1 is 1.40 bits per heavy atom. The van der Waals surface area contributed by atoms with Gasteiger partial charge in [0.2, 0.25) is 0 Å². The number of fused-ring (bicyclic) bond motifs is 1. The van der Waals surface area contributed by atoms with Gasteiger partial charge in [0.15, 0.2) is 0 Å². The van der Waals surface area contributed by atoms with Crippen LogP contribution in [0.15, 0.2) is 0 Å². The van der Waals surface area contributed by atoms with Crippen LogP contribution in [0.3, 0.4) is 0 Å². The number of carbonyl (C=O) groups is 1. The molecule has 0 spiro atoms. The van der Waals surface area contributed by atoms with Crippen LogP contribution in [-0.4, -0.2) is 36.2 Å². The van der Waals surface area contributed by atoms with E-state index in [0.29, 0.717) is 0 Å². The van der Waals surface area contributed by atoms with E-state index in [1.165, 1.54) is 0 Å². The number of carbonyl (C=O) groups excluding carboxylic acids is 1. The molecule has 2 atom stereocenters. The van der Waals surface area contributed by atoms with Gasteiger partial charge in [0.05, 0.1) is 0 Å². The van der Waals surface area contributed by atoms with Gasteiger partial charge in [-0.15, -0.1) is 0 Å². The van der Waals surface area contributed by atoms with Gasteiger partial charge in [-0.3, -0.25) is 5.32 Å². The average molecular weight is 212 g/mol. The SMILES string of the molecule is CC(C)(C)OC(=O)C12CCC1NCCN2. The van der Waals surface area contributed by atoms with Gasteiger partial charge in [0.1, 0.15) is 11.1 Å². The number of ether oxygens (including phenoxy) is 1. The van der Waals surface area contributed by atoms with Crippen molar-refractivity contribution in [2.75, 3.05) is 13.1 Å². The molecule has 0 aromatic rings. The van der Waals surface area contributed by atoms with E-state index in [1.54, 1.807) is 0 Å². The van der Waals surface area contributed by atoms with Crippen LogP contribution < -0.4 is 10.6 Å². The lowest BCUT2D eigenvalue weighted by molar-refractivity contribution is -0.170. The number of hydrogen-bond donors (Lipinski definition) is 2. The maximum atomic E-state index is 12.1. The summed E-state index contributed by atoms with van der Waals surface area (Å²) in [4.78, 5) is 12.1. The summed E-state index contributed by atoms with van der Waals surface area (Å²) in [6.07, 6.45) is 1.95. The number of nitrogens with one attached hydrogen (secondary N) is 2. The van der Waals surface area contributed by atoms with Crippen molar-refractivity contribution in [3.63, 3.8) is 0 Å². The first-order valence-corrected chi connectivity index (χ1v) is 5.66. The minimum absolute atomic E-state index is 0.0987. The zero-order chi connectivity index (χ0) is 11.1. The highest BCUT2D eigenvalue weighted by Crippen LogP contribution is 2.36. The topological polar surface area (TPSA) is 50.4 Å². The van der Waals surface area contributed by atoms with Crippen LogP contribution >= 0.6 is 0 Å². The van der Waals surface area contributed by atoms with E-state index in [-0.39, 0.29) is 12.0 Å². The Kier molecular flexibility index (Phi) is 2.51. The van der Waals surface area contributed by atoms with Crippen LogP contribution in [0, 0.1) is 0 Å². The van der Waals surface area contributed by atoms with E-state index in [0.717, 1.165) is 25.9 Å². The summed E-state index contributed by atoms with van der Waals surface area (Å²) in [6, 6.07) is 0.265. The van der Waals surface area contributed by atoms with E-state index < -0.39 is 11.1 Å². The summed E-state index contributed by atoms with van der Waals surface area (Å²) < 4.78 is 5.46. The fourth-order valence-corrected chi connectivity index (χ4v) is 2.28. The summed E-state index contributed by atoms with van der Waals surface area (Å²) in [5.74, 6) is -0.0987. The zero-order valence-corrected chi connectivity index (χ0v) is 9.72. The minimum atomic E-state index is -0.439. The summed E-state index contributed by atoms with van der Waals surface area (Å²) in [7, 11) is 0. The van der Waals surface area contributed by atoms with Gasteiger partial charge >= 0.3 is 5.97 Å². The van der Waals surface area contributed by atoms with Gasteiger partial charge in [-0.2, -0.15) is 0 Å². The summed E-state index contributed by atoms with van der Waals surface area (Å²) in [6.45, 7) is 7.51. The average Bonchev–Trinajstić information content (AvgIpc) is 2.04. The molecule has 2 unspecified atom stereocenters. The van der Waals surface area contributed by atoms with Crippen molar-refractivity contribution >= 4 is 5.97 Å². The fraction of sp³-hybridized carbons (Fsp3) is 0.909. The molecule has 1 aliphatic heterocycles.